The number of carbonyl (C=O) groups is 1. The van der Waals surface area contributed by atoms with Gasteiger partial charge in [0.2, 0.25) is 5.95 Å². The molecule has 5 heteroatoms. The van der Waals surface area contributed by atoms with Crippen molar-refractivity contribution >= 4 is 17.5 Å². The number of nitrogens with zero attached hydrogens (tertiary/aromatic N) is 3. The first-order valence-electron chi connectivity index (χ1n) is 9.05. The Bertz CT molecular complexity index is 887. The Balaban J connectivity index is 1.70. The Hall–Kier alpha value is -3.21. The van der Waals surface area contributed by atoms with Crippen LogP contribution < -0.4 is 10.2 Å². The largest absolute Gasteiger partial charge is 0.337 e. The van der Waals surface area contributed by atoms with E-state index in [9.17, 15) is 4.79 Å². The van der Waals surface area contributed by atoms with Crippen molar-refractivity contribution in [2.24, 2.45) is 0 Å². The molecule has 0 saturated carbocycles. The van der Waals surface area contributed by atoms with Gasteiger partial charge in [-0.15, -0.1) is 0 Å². The second-order valence-corrected chi connectivity index (χ2v) is 6.60. The summed E-state index contributed by atoms with van der Waals surface area (Å²) in [5.41, 5.74) is 4.63. The lowest BCUT2D eigenvalue weighted by molar-refractivity contribution is 0.102. The maximum Gasteiger partial charge on any atom is 0.258 e. The number of rotatable bonds is 6. The zero-order valence-corrected chi connectivity index (χ0v) is 15.9. The highest BCUT2D eigenvalue weighted by molar-refractivity contribution is 6.04. The molecule has 1 amide bonds. The summed E-state index contributed by atoms with van der Waals surface area (Å²) in [4.78, 5) is 23.3. The van der Waals surface area contributed by atoms with Gasteiger partial charge in [0, 0.05) is 31.2 Å². The van der Waals surface area contributed by atoms with Gasteiger partial charge in [0.05, 0.1) is 5.56 Å². The molecule has 0 radical (unpaired) electrons. The summed E-state index contributed by atoms with van der Waals surface area (Å²) in [6.45, 7) is 7.58. The molecule has 0 saturated heterocycles. The van der Waals surface area contributed by atoms with Gasteiger partial charge in [0.1, 0.15) is 0 Å². The van der Waals surface area contributed by atoms with Crippen LogP contribution in [0.25, 0.3) is 0 Å². The molecule has 1 N–H and O–H groups in total. The van der Waals surface area contributed by atoms with Crippen LogP contribution in [0.4, 0.5) is 11.6 Å². The molecule has 0 aliphatic carbocycles. The van der Waals surface area contributed by atoms with Crippen LogP contribution in [0.5, 0.6) is 0 Å². The summed E-state index contributed by atoms with van der Waals surface area (Å²) in [6, 6.07) is 16.1. The fourth-order valence-electron chi connectivity index (χ4n) is 2.98. The highest BCUT2D eigenvalue weighted by Crippen LogP contribution is 2.16. The smallest absolute Gasteiger partial charge is 0.258 e. The molecule has 0 atom stereocenters. The van der Waals surface area contributed by atoms with Crippen LogP contribution in [0.2, 0.25) is 0 Å². The molecule has 0 spiro atoms. The average molecular weight is 360 g/mol. The van der Waals surface area contributed by atoms with Gasteiger partial charge in [0.25, 0.3) is 5.91 Å². The number of hydrogen-bond donors (Lipinski definition) is 1. The van der Waals surface area contributed by atoms with E-state index in [0.717, 1.165) is 29.9 Å². The molecular weight excluding hydrogens is 336 g/mol. The molecule has 0 bridgehead atoms. The van der Waals surface area contributed by atoms with E-state index in [1.165, 1.54) is 5.56 Å². The van der Waals surface area contributed by atoms with E-state index >= 15 is 0 Å². The number of aromatic nitrogens is 2. The Labute approximate surface area is 160 Å². The minimum atomic E-state index is -0.211. The lowest BCUT2D eigenvalue weighted by atomic mass is 10.1. The molecule has 0 fully saturated rings. The Morgan fingerprint density at radius 1 is 1.00 bits per heavy atom. The third-order valence-electron chi connectivity index (χ3n) is 4.26. The molecule has 1 heterocycles. The van der Waals surface area contributed by atoms with E-state index in [4.69, 9.17) is 0 Å². The van der Waals surface area contributed by atoms with Crippen molar-refractivity contribution in [1.29, 1.82) is 0 Å². The second-order valence-electron chi connectivity index (χ2n) is 6.60. The van der Waals surface area contributed by atoms with E-state index in [1.807, 2.05) is 44.2 Å². The number of amides is 1. The molecule has 138 valence electrons. The van der Waals surface area contributed by atoms with Crippen LogP contribution in [0.15, 0.2) is 60.9 Å². The van der Waals surface area contributed by atoms with Crippen LogP contribution >= 0.6 is 0 Å². The van der Waals surface area contributed by atoms with Gasteiger partial charge in [0.15, 0.2) is 0 Å². The van der Waals surface area contributed by atoms with Crippen LogP contribution in [-0.4, -0.2) is 22.4 Å². The highest BCUT2D eigenvalue weighted by atomic mass is 16.1. The Morgan fingerprint density at radius 2 is 1.63 bits per heavy atom. The SMILES string of the molecule is CCN(Cc1ccccc1)c1ncc(C(=O)Nc2cc(C)cc(C)c2)cn1. The predicted octanol–water partition coefficient (Wildman–Crippen LogP) is 4.37. The van der Waals surface area contributed by atoms with Crippen LogP contribution in [0, 0.1) is 13.8 Å². The quantitative estimate of drug-likeness (QED) is 0.709. The molecule has 1 aromatic heterocycles. The Kier molecular flexibility index (Phi) is 5.81. The van der Waals surface area contributed by atoms with Gasteiger partial charge in [-0.25, -0.2) is 9.97 Å². The van der Waals surface area contributed by atoms with E-state index in [0.29, 0.717) is 11.5 Å². The summed E-state index contributed by atoms with van der Waals surface area (Å²) in [5.74, 6) is 0.405. The summed E-state index contributed by atoms with van der Waals surface area (Å²) in [7, 11) is 0. The lowest BCUT2D eigenvalue weighted by Crippen LogP contribution is -2.24. The number of aryl methyl sites for hydroxylation is 2. The van der Waals surface area contributed by atoms with Crippen molar-refractivity contribution in [3.63, 3.8) is 0 Å². The summed E-state index contributed by atoms with van der Waals surface area (Å²) >= 11 is 0. The first-order valence-corrected chi connectivity index (χ1v) is 9.05. The monoisotopic (exact) mass is 360 g/mol. The summed E-state index contributed by atoms with van der Waals surface area (Å²) in [5, 5.41) is 2.91. The number of carbonyl (C=O) groups excluding carboxylic acids is 1. The maximum atomic E-state index is 12.5. The fourth-order valence-corrected chi connectivity index (χ4v) is 2.98. The molecule has 2 aromatic carbocycles. The standard InChI is InChI=1S/C22H24N4O/c1-4-26(15-18-8-6-5-7-9-18)22-23-13-19(14-24-22)21(27)25-20-11-16(2)10-17(3)12-20/h5-14H,4,15H2,1-3H3,(H,25,27). The van der Waals surface area contributed by atoms with Gasteiger partial charge >= 0.3 is 0 Å². The van der Waals surface area contributed by atoms with Crippen molar-refractivity contribution in [1.82, 2.24) is 9.97 Å². The summed E-state index contributed by atoms with van der Waals surface area (Å²) < 4.78 is 0. The fraction of sp³-hybridized carbons (Fsp3) is 0.227. The molecule has 27 heavy (non-hydrogen) atoms. The topological polar surface area (TPSA) is 58.1 Å². The molecule has 5 nitrogen and oxygen atoms in total. The highest BCUT2D eigenvalue weighted by Gasteiger charge is 2.12. The normalized spacial score (nSPS) is 10.5. The van der Waals surface area contributed by atoms with Crippen molar-refractivity contribution < 1.29 is 4.79 Å². The molecule has 3 aromatic rings. The van der Waals surface area contributed by atoms with Crippen molar-refractivity contribution in [3.8, 4) is 0 Å². The Morgan fingerprint density at radius 3 is 2.22 bits per heavy atom. The lowest BCUT2D eigenvalue weighted by Gasteiger charge is -2.20. The molecular formula is C22H24N4O. The maximum absolute atomic E-state index is 12.5. The van der Waals surface area contributed by atoms with Crippen LogP contribution in [0.1, 0.15) is 34.0 Å². The van der Waals surface area contributed by atoms with Crippen LogP contribution in [0.3, 0.4) is 0 Å². The number of hydrogen-bond acceptors (Lipinski definition) is 4. The molecule has 0 unspecified atom stereocenters. The minimum absolute atomic E-state index is 0.211. The van der Waals surface area contributed by atoms with Gasteiger partial charge < -0.3 is 10.2 Å². The van der Waals surface area contributed by atoms with Crippen LogP contribution in [-0.2, 0) is 6.54 Å². The zero-order chi connectivity index (χ0) is 19.2. The van der Waals surface area contributed by atoms with Gasteiger partial charge in [-0.2, -0.15) is 0 Å². The van der Waals surface area contributed by atoms with E-state index in [1.54, 1.807) is 12.4 Å². The predicted molar refractivity (Wildman–Crippen MR) is 109 cm³/mol. The zero-order valence-electron chi connectivity index (χ0n) is 15.9. The van der Waals surface area contributed by atoms with Crippen molar-refractivity contribution in [2.45, 2.75) is 27.3 Å². The second kappa shape index (κ2) is 8.45. The number of benzene rings is 2. The van der Waals surface area contributed by atoms with Gasteiger partial charge in [-0.3, -0.25) is 4.79 Å². The minimum Gasteiger partial charge on any atom is -0.337 e. The third-order valence-corrected chi connectivity index (χ3v) is 4.26. The van der Waals surface area contributed by atoms with Crippen molar-refractivity contribution in [3.05, 3.63) is 83.2 Å². The summed E-state index contributed by atoms with van der Waals surface area (Å²) in [6.07, 6.45) is 3.15. The third kappa shape index (κ3) is 4.91. The van der Waals surface area contributed by atoms with Crippen molar-refractivity contribution in [2.75, 3.05) is 16.8 Å². The molecule has 3 rings (SSSR count). The van der Waals surface area contributed by atoms with E-state index in [2.05, 4.69) is 45.3 Å². The number of nitrogens with one attached hydrogen (secondary N) is 1. The van der Waals surface area contributed by atoms with E-state index in [-0.39, 0.29) is 5.91 Å². The first kappa shape index (κ1) is 18.6. The molecule has 0 aliphatic rings. The number of anilines is 2. The molecule has 0 aliphatic heterocycles. The first-order chi connectivity index (χ1) is 13.0. The van der Waals surface area contributed by atoms with Gasteiger partial charge in [-0.05, 0) is 49.6 Å². The van der Waals surface area contributed by atoms with Gasteiger partial charge in [-0.1, -0.05) is 36.4 Å². The van der Waals surface area contributed by atoms with E-state index < -0.39 is 0 Å². The average Bonchev–Trinajstić information content (AvgIpc) is 2.66.